The van der Waals surface area contributed by atoms with Crippen LogP contribution in [0.2, 0.25) is 0 Å². The zero-order valence-electron chi connectivity index (χ0n) is 19.7. The summed E-state index contributed by atoms with van der Waals surface area (Å²) in [5, 5.41) is 0. The molecule has 0 aromatic carbocycles. The van der Waals surface area contributed by atoms with E-state index >= 15 is 0 Å². The van der Waals surface area contributed by atoms with Crippen LogP contribution in [0.1, 0.15) is 0 Å². The molecule has 0 amide bonds. The maximum atomic E-state index is 14.1. The second kappa shape index (κ2) is 9.03. The Morgan fingerprint density at radius 2 is 1.28 bits per heavy atom. The Morgan fingerprint density at radius 3 is 1.72 bits per heavy atom. The van der Waals surface area contributed by atoms with E-state index in [0.29, 0.717) is 0 Å². The molecule has 32 heavy (non-hydrogen) atoms. The second-order valence-corrected chi connectivity index (χ2v) is 7.91. The van der Waals surface area contributed by atoms with Crippen LogP contribution in [-0.2, 0) is 47.5 Å². The number of Topliss-reactive ketones (excluding diaryl/α,β-unsaturated/α-hetero) is 2. The lowest BCUT2D eigenvalue weighted by molar-refractivity contribution is -0.318. The zero-order chi connectivity index (χ0) is 23.9. The molecule has 0 N–H and O–H groups in total. The average molecular weight is 456 g/mol. The molecule has 180 valence electrons. The number of allylic oxidation sites excluding steroid dienone is 1. The van der Waals surface area contributed by atoms with E-state index in [9.17, 15) is 9.59 Å². The van der Waals surface area contributed by atoms with Gasteiger partial charge in [0.15, 0.2) is 12.6 Å². The first-order valence-corrected chi connectivity index (χ1v) is 10.1. The Morgan fingerprint density at radius 1 is 0.750 bits per heavy atom. The lowest BCUT2D eigenvalue weighted by atomic mass is 9.46. The lowest BCUT2D eigenvalue weighted by Crippen LogP contribution is -2.76. The number of ether oxygens (including phenoxy) is 8. The van der Waals surface area contributed by atoms with Crippen molar-refractivity contribution in [2.75, 3.05) is 56.9 Å². The fraction of sp³-hybridized carbons (Fsp3) is 0.727. The summed E-state index contributed by atoms with van der Waals surface area (Å²) in [4.78, 5) is 27.8. The number of hydrogen-bond donors (Lipinski definition) is 0. The molecular formula is C22H32O10. The molecule has 0 aliphatic heterocycles. The van der Waals surface area contributed by atoms with E-state index in [-0.39, 0.29) is 5.57 Å². The van der Waals surface area contributed by atoms with Gasteiger partial charge in [0, 0.05) is 74.6 Å². The van der Waals surface area contributed by atoms with E-state index in [1.54, 1.807) is 18.2 Å². The van der Waals surface area contributed by atoms with Crippen LogP contribution >= 0.6 is 0 Å². The van der Waals surface area contributed by atoms with E-state index in [2.05, 4.69) is 0 Å². The van der Waals surface area contributed by atoms with Gasteiger partial charge >= 0.3 is 0 Å². The fourth-order valence-corrected chi connectivity index (χ4v) is 5.84. The number of carbonyl (C=O) groups excluding carboxylic acids is 2. The summed E-state index contributed by atoms with van der Waals surface area (Å²) in [6, 6.07) is 0. The Labute approximate surface area is 187 Å². The van der Waals surface area contributed by atoms with Crippen molar-refractivity contribution in [3.05, 3.63) is 23.8 Å². The van der Waals surface area contributed by atoms with Crippen LogP contribution in [-0.4, -0.2) is 92.6 Å². The maximum Gasteiger partial charge on any atom is 0.237 e. The highest BCUT2D eigenvalue weighted by Crippen LogP contribution is 2.63. The number of hydrogen-bond acceptors (Lipinski definition) is 10. The van der Waals surface area contributed by atoms with Crippen LogP contribution in [0.4, 0.5) is 0 Å². The smallest absolute Gasteiger partial charge is 0.237 e. The standard InChI is InChI=1S/C22H32O10/c1-25-17(26-2)12-11-14-15(22(31-7,32-8)16(12)23)13-9-10-20(14,19(27-3)28-4)18(24)21(13,29-5)30-6/h9-11,13-15,17,19H,1-8H3. The summed E-state index contributed by atoms with van der Waals surface area (Å²) >= 11 is 0. The highest BCUT2D eigenvalue weighted by Gasteiger charge is 2.76. The molecule has 10 heteroatoms. The van der Waals surface area contributed by atoms with Gasteiger partial charge in [0.05, 0.1) is 5.57 Å². The molecule has 4 unspecified atom stereocenters. The van der Waals surface area contributed by atoms with Crippen molar-refractivity contribution >= 4 is 11.6 Å². The van der Waals surface area contributed by atoms with Gasteiger partial charge in [0.2, 0.25) is 23.1 Å². The molecule has 4 rings (SSSR count). The van der Waals surface area contributed by atoms with Crippen LogP contribution in [0.3, 0.4) is 0 Å². The van der Waals surface area contributed by atoms with Crippen LogP contribution in [0.25, 0.3) is 0 Å². The molecule has 2 bridgehead atoms. The SMILES string of the molecule is COC(OC)C1=CC2C(C3C=CC2(C(OC)OC)C(=O)C3(OC)OC)C(OC)(OC)C1=O. The summed E-state index contributed by atoms with van der Waals surface area (Å²) in [5.74, 6) is -6.45. The third kappa shape index (κ3) is 2.88. The first-order valence-electron chi connectivity index (χ1n) is 10.1. The normalized spacial score (nSPS) is 32.6. The fourth-order valence-electron chi connectivity index (χ4n) is 5.84. The van der Waals surface area contributed by atoms with Crippen molar-refractivity contribution in [3.63, 3.8) is 0 Å². The minimum absolute atomic E-state index is 0.166. The van der Waals surface area contributed by atoms with Gasteiger partial charge in [-0.05, 0) is 0 Å². The molecule has 0 radical (unpaired) electrons. The van der Waals surface area contributed by atoms with Crippen molar-refractivity contribution in [1.82, 2.24) is 0 Å². The Bertz CT molecular complexity index is 789. The third-order valence-corrected chi connectivity index (χ3v) is 7.14. The molecule has 0 spiro atoms. The first kappa shape index (κ1) is 25.1. The molecule has 10 nitrogen and oxygen atoms in total. The molecule has 0 aromatic heterocycles. The summed E-state index contributed by atoms with van der Waals surface area (Å²) in [7, 11) is 11.2. The monoisotopic (exact) mass is 456 g/mol. The largest absolute Gasteiger partial charge is 0.354 e. The van der Waals surface area contributed by atoms with Gasteiger partial charge in [-0.15, -0.1) is 0 Å². The molecule has 0 heterocycles. The van der Waals surface area contributed by atoms with Gasteiger partial charge in [-0.25, -0.2) is 0 Å². The van der Waals surface area contributed by atoms with E-state index in [1.165, 1.54) is 56.9 Å². The number of carbonyl (C=O) groups is 2. The van der Waals surface area contributed by atoms with Gasteiger partial charge in [0.25, 0.3) is 0 Å². The lowest BCUT2D eigenvalue weighted by Gasteiger charge is -2.62. The van der Waals surface area contributed by atoms with Crippen molar-refractivity contribution in [3.8, 4) is 0 Å². The molecule has 4 aliphatic carbocycles. The molecule has 4 aliphatic rings. The summed E-state index contributed by atoms with van der Waals surface area (Å²) < 4.78 is 44.9. The van der Waals surface area contributed by atoms with Crippen molar-refractivity contribution < 1.29 is 47.5 Å². The van der Waals surface area contributed by atoms with Crippen LogP contribution in [0, 0.1) is 23.2 Å². The van der Waals surface area contributed by atoms with Crippen LogP contribution in [0.15, 0.2) is 23.8 Å². The molecule has 1 fully saturated rings. The highest BCUT2D eigenvalue weighted by atomic mass is 16.7. The molecule has 0 saturated heterocycles. The van der Waals surface area contributed by atoms with E-state index in [4.69, 9.17) is 37.9 Å². The first-order chi connectivity index (χ1) is 15.3. The van der Waals surface area contributed by atoms with E-state index in [0.717, 1.165) is 0 Å². The number of methoxy groups -OCH3 is 8. The number of rotatable bonds is 10. The summed E-state index contributed by atoms with van der Waals surface area (Å²) in [5.41, 5.74) is -1.26. The minimum Gasteiger partial charge on any atom is -0.354 e. The zero-order valence-corrected chi connectivity index (χ0v) is 19.7. The number of fused-ring (bicyclic) bond motifs is 1. The topological polar surface area (TPSA) is 108 Å². The predicted molar refractivity (Wildman–Crippen MR) is 109 cm³/mol. The van der Waals surface area contributed by atoms with E-state index in [1.807, 2.05) is 0 Å². The molecule has 0 aromatic rings. The molecule has 4 atom stereocenters. The van der Waals surface area contributed by atoms with Crippen molar-refractivity contribution in [2.24, 2.45) is 23.2 Å². The minimum atomic E-state index is -1.78. The maximum absolute atomic E-state index is 14.1. The molecule has 1 saturated carbocycles. The van der Waals surface area contributed by atoms with Crippen LogP contribution < -0.4 is 0 Å². The Balaban J connectivity index is 2.40. The average Bonchev–Trinajstić information content (AvgIpc) is 2.82. The predicted octanol–water partition coefficient (Wildman–Crippen LogP) is 0.699. The second-order valence-electron chi connectivity index (χ2n) is 7.91. The Kier molecular flexibility index (Phi) is 7.09. The highest BCUT2D eigenvalue weighted by molar-refractivity contribution is 6.05. The van der Waals surface area contributed by atoms with Crippen molar-refractivity contribution in [2.45, 2.75) is 24.2 Å². The quantitative estimate of drug-likeness (QED) is 0.344. The van der Waals surface area contributed by atoms with Gasteiger partial charge in [-0.2, -0.15) is 0 Å². The van der Waals surface area contributed by atoms with Crippen LogP contribution in [0.5, 0.6) is 0 Å². The van der Waals surface area contributed by atoms with Gasteiger partial charge < -0.3 is 37.9 Å². The molecular weight excluding hydrogens is 424 g/mol. The Hall–Kier alpha value is -1.50. The van der Waals surface area contributed by atoms with Gasteiger partial charge in [-0.3, -0.25) is 9.59 Å². The van der Waals surface area contributed by atoms with Gasteiger partial charge in [0.1, 0.15) is 5.41 Å². The van der Waals surface area contributed by atoms with E-state index < -0.39 is 58.9 Å². The van der Waals surface area contributed by atoms with Gasteiger partial charge in [-0.1, -0.05) is 18.2 Å². The summed E-state index contributed by atoms with van der Waals surface area (Å²) in [6.07, 6.45) is 3.18. The van der Waals surface area contributed by atoms with Crippen molar-refractivity contribution in [1.29, 1.82) is 0 Å². The number of ketones is 2. The summed E-state index contributed by atoms with van der Waals surface area (Å²) in [6.45, 7) is 0. The third-order valence-electron chi connectivity index (χ3n) is 7.14.